The second kappa shape index (κ2) is 6.24. The average molecular weight is 342 g/mol. The Morgan fingerprint density at radius 3 is 2.33 bits per heavy atom. The molecule has 7 heteroatoms. The van der Waals surface area contributed by atoms with Gasteiger partial charge in [0, 0.05) is 12.5 Å². The third-order valence-corrected chi connectivity index (χ3v) is 4.96. The van der Waals surface area contributed by atoms with Gasteiger partial charge >= 0.3 is 0 Å². The molecule has 2 aromatic rings. The number of hydrogen-bond donors (Lipinski definition) is 0. The van der Waals surface area contributed by atoms with Crippen molar-refractivity contribution >= 4 is 29.1 Å². The SMILES string of the molecule is CCc1ccc(C2=C(C(C)=O)Sc3nnc(C)n3N2C(C)=O)cc1. The largest absolute Gasteiger partial charge is 0.294 e. The first-order valence-electron chi connectivity index (χ1n) is 7.69. The lowest BCUT2D eigenvalue weighted by atomic mass is 10.1. The van der Waals surface area contributed by atoms with E-state index in [4.69, 9.17) is 0 Å². The molecule has 2 heterocycles. The van der Waals surface area contributed by atoms with Gasteiger partial charge in [-0.15, -0.1) is 10.2 Å². The minimum Gasteiger partial charge on any atom is -0.294 e. The molecule has 24 heavy (non-hydrogen) atoms. The van der Waals surface area contributed by atoms with Crippen molar-refractivity contribution in [2.24, 2.45) is 0 Å². The van der Waals surface area contributed by atoms with Gasteiger partial charge in [-0.1, -0.05) is 31.2 Å². The lowest BCUT2D eigenvalue weighted by Crippen LogP contribution is -2.41. The number of allylic oxidation sites excluding steroid dienone is 1. The molecule has 0 aliphatic carbocycles. The number of benzene rings is 1. The van der Waals surface area contributed by atoms with Gasteiger partial charge in [-0.05, 0) is 37.6 Å². The van der Waals surface area contributed by atoms with E-state index in [0.29, 0.717) is 21.6 Å². The first-order chi connectivity index (χ1) is 11.4. The van der Waals surface area contributed by atoms with Crippen LogP contribution in [0.3, 0.4) is 0 Å². The fourth-order valence-electron chi connectivity index (χ4n) is 2.66. The first-order valence-corrected chi connectivity index (χ1v) is 8.51. The maximum absolute atomic E-state index is 12.4. The van der Waals surface area contributed by atoms with E-state index in [9.17, 15) is 9.59 Å². The van der Waals surface area contributed by atoms with Crippen molar-refractivity contribution < 1.29 is 9.59 Å². The van der Waals surface area contributed by atoms with E-state index < -0.39 is 0 Å². The number of rotatable bonds is 3. The van der Waals surface area contributed by atoms with E-state index in [-0.39, 0.29) is 11.7 Å². The molecule has 0 spiro atoms. The average Bonchev–Trinajstić information content (AvgIpc) is 2.94. The van der Waals surface area contributed by atoms with Crippen molar-refractivity contribution in [1.82, 2.24) is 14.9 Å². The fraction of sp³-hybridized carbons (Fsp3) is 0.294. The molecule has 1 aliphatic heterocycles. The van der Waals surface area contributed by atoms with E-state index in [0.717, 1.165) is 12.0 Å². The molecule has 0 saturated carbocycles. The van der Waals surface area contributed by atoms with Crippen molar-refractivity contribution in [3.63, 3.8) is 0 Å². The van der Waals surface area contributed by atoms with Crippen LogP contribution in [0.1, 0.15) is 37.7 Å². The molecule has 0 unspecified atom stereocenters. The Morgan fingerprint density at radius 2 is 1.79 bits per heavy atom. The van der Waals surface area contributed by atoms with E-state index >= 15 is 0 Å². The Labute approximate surface area is 144 Å². The monoisotopic (exact) mass is 342 g/mol. The van der Waals surface area contributed by atoms with Crippen molar-refractivity contribution in [2.45, 2.75) is 39.3 Å². The zero-order valence-electron chi connectivity index (χ0n) is 14.0. The van der Waals surface area contributed by atoms with Crippen LogP contribution in [0.2, 0.25) is 0 Å². The number of Topliss-reactive ketones (excluding diaryl/α,β-unsaturated/α-hetero) is 1. The van der Waals surface area contributed by atoms with Gasteiger partial charge < -0.3 is 0 Å². The maximum Gasteiger partial charge on any atom is 0.243 e. The summed E-state index contributed by atoms with van der Waals surface area (Å²) in [5, 5.41) is 10.1. The summed E-state index contributed by atoms with van der Waals surface area (Å²) in [6, 6.07) is 7.91. The van der Waals surface area contributed by atoms with Crippen LogP contribution in [0.4, 0.5) is 0 Å². The Hall–Kier alpha value is -2.41. The van der Waals surface area contributed by atoms with E-state index in [1.54, 1.807) is 11.6 Å². The predicted molar refractivity (Wildman–Crippen MR) is 92.9 cm³/mol. The summed E-state index contributed by atoms with van der Waals surface area (Å²) in [7, 11) is 0. The number of ketones is 1. The van der Waals surface area contributed by atoms with Gasteiger partial charge in [-0.25, -0.2) is 9.69 Å². The van der Waals surface area contributed by atoms with Crippen LogP contribution >= 0.6 is 11.8 Å². The molecule has 124 valence electrons. The molecule has 1 aromatic carbocycles. The Balaban J connectivity index is 2.24. The number of aromatic nitrogens is 3. The molecule has 1 aromatic heterocycles. The van der Waals surface area contributed by atoms with E-state index in [1.165, 1.54) is 36.2 Å². The van der Waals surface area contributed by atoms with Crippen molar-refractivity contribution in [3.8, 4) is 0 Å². The molecule has 0 saturated heterocycles. The number of amides is 1. The Bertz CT molecular complexity index is 852. The summed E-state index contributed by atoms with van der Waals surface area (Å²) in [5.74, 6) is 0.290. The number of nitrogens with zero attached hydrogens (tertiary/aromatic N) is 4. The Kier molecular flexibility index (Phi) is 4.28. The highest BCUT2D eigenvalue weighted by atomic mass is 32.2. The quantitative estimate of drug-likeness (QED) is 0.858. The van der Waals surface area contributed by atoms with Gasteiger partial charge in [-0.3, -0.25) is 9.59 Å². The van der Waals surface area contributed by atoms with Crippen LogP contribution < -0.4 is 5.01 Å². The summed E-state index contributed by atoms with van der Waals surface area (Å²) in [4.78, 5) is 25.1. The standard InChI is InChI=1S/C17H18N4O2S/c1-5-13-6-8-14(9-7-13)15-16(10(2)22)24-17-19-18-11(3)20(17)21(15)12(4)23/h6-9H,5H2,1-4H3. The molecule has 0 fully saturated rings. The molecule has 1 amide bonds. The summed E-state index contributed by atoms with van der Waals surface area (Å²) in [6.45, 7) is 6.83. The van der Waals surface area contributed by atoms with Crippen molar-refractivity contribution in [2.75, 3.05) is 5.01 Å². The maximum atomic E-state index is 12.4. The third-order valence-electron chi connectivity index (χ3n) is 3.84. The van der Waals surface area contributed by atoms with Crippen molar-refractivity contribution in [1.29, 1.82) is 0 Å². The second-order valence-corrected chi connectivity index (χ2v) is 6.54. The topological polar surface area (TPSA) is 68.1 Å². The fourth-order valence-corrected chi connectivity index (χ4v) is 3.67. The number of thioether (sulfide) groups is 1. The highest BCUT2D eigenvalue weighted by Crippen LogP contribution is 2.39. The van der Waals surface area contributed by atoms with Crippen LogP contribution in [0.15, 0.2) is 34.3 Å². The summed E-state index contributed by atoms with van der Waals surface area (Å²) in [5.41, 5.74) is 2.60. The molecule has 6 nitrogen and oxygen atoms in total. The smallest absolute Gasteiger partial charge is 0.243 e. The summed E-state index contributed by atoms with van der Waals surface area (Å²) < 4.78 is 1.66. The van der Waals surface area contributed by atoms with Crippen LogP contribution in [-0.4, -0.2) is 26.6 Å². The highest BCUT2D eigenvalue weighted by molar-refractivity contribution is 8.04. The van der Waals surface area contributed by atoms with Crippen LogP contribution in [0.5, 0.6) is 0 Å². The van der Waals surface area contributed by atoms with Gasteiger partial charge in [0.1, 0.15) is 0 Å². The van der Waals surface area contributed by atoms with Crippen LogP contribution in [-0.2, 0) is 16.0 Å². The minimum absolute atomic E-state index is 0.104. The van der Waals surface area contributed by atoms with E-state index in [2.05, 4.69) is 17.1 Å². The second-order valence-electron chi connectivity index (χ2n) is 5.56. The lowest BCUT2D eigenvalue weighted by Gasteiger charge is -2.31. The van der Waals surface area contributed by atoms with Gasteiger partial charge in [-0.2, -0.15) is 0 Å². The van der Waals surface area contributed by atoms with Crippen LogP contribution in [0, 0.1) is 6.92 Å². The normalized spacial score (nSPS) is 13.9. The molecule has 3 rings (SSSR count). The van der Waals surface area contributed by atoms with Gasteiger partial charge in [0.05, 0.1) is 10.6 Å². The summed E-state index contributed by atoms with van der Waals surface area (Å²) in [6.07, 6.45) is 0.929. The first kappa shape index (κ1) is 16.4. The zero-order valence-corrected chi connectivity index (χ0v) is 14.8. The molecule has 1 aliphatic rings. The predicted octanol–water partition coefficient (Wildman–Crippen LogP) is 2.70. The number of carbonyl (C=O) groups excluding carboxylic acids is 2. The number of carbonyl (C=O) groups is 2. The molecule has 0 bridgehead atoms. The Morgan fingerprint density at radius 1 is 1.12 bits per heavy atom. The minimum atomic E-state index is -0.201. The van der Waals surface area contributed by atoms with Gasteiger partial charge in [0.15, 0.2) is 11.6 Å². The lowest BCUT2D eigenvalue weighted by molar-refractivity contribution is -0.117. The highest BCUT2D eigenvalue weighted by Gasteiger charge is 2.33. The number of aryl methyl sites for hydroxylation is 2. The van der Waals surface area contributed by atoms with Gasteiger partial charge in [0.25, 0.3) is 0 Å². The van der Waals surface area contributed by atoms with Gasteiger partial charge in [0.2, 0.25) is 11.1 Å². The zero-order chi connectivity index (χ0) is 17.4. The molecular formula is C17H18N4O2S. The number of hydrogen-bond acceptors (Lipinski definition) is 5. The van der Waals surface area contributed by atoms with Crippen LogP contribution in [0.25, 0.3) is 5.70 Å². The molecular weight excluding hydrogens is 324 g/mol. The molecule has 0 radical (unpaired) electrons. The summed E-state index contributed by atoms with van der Waals surface area (Å²) >= 11 is 1.25. The molecule has 0 N–H and O–H groups in total. The van der Waals surface area contributed by atoms with Crippen molar-refractivity contribution in [3.05, 3.63) is 46.1 Å². The van der Waals surface area contributed by atoms with E-state index in [1.807, 2.05) is 24.3 Å². The third kappa shape index (κ3) is 2.65. The number of fused-ring (bicyclic) bond motifs is 1. The molecule has 0 atom stereocenters.